The molecule has 0 amide bonds. The number of aryl methyl sites for hydroxylation is 1. The largest absolute Gasteiger partial charge is 0.229 e. The second-order valence-electron chi connectivity index (χ2n) is 3.28. The van der Waals surface area contributed by atoms with Crippen LogP contribution < -0.4 is 0 Å². The maximum absolute atomic E-state index is 4.56. The summed E-state index contributed by atoms with van der Waals surface area (Å²) in [6.45, 7) is 6.47. The monoisotopic (exact) mass is 212 g/mol. The Morgan fingerprint density at radius 1 is 1.15 bits per heavy atom. The van der Waals surface area contributed by atoms with Gasteiger partial charge < -0.3 is 0 Å². The Kier molecular flexibility index (Phi) is 2.34. The molecule has 0 aromatic carbocycles. The molecule has 0 aliphatic carbocycles. The van der Waals surface area contributed by atoms with Crippen molar-refractivity contribution in [3.63, 3.8) is 0 Å². The van der Waals surface area contributed by atoms with Gasteiger partial charge in [0.1, 0.15) is 0 Å². The molecule has 0 unspecified atom stereocenters. The predicted molar refractivity (Wildman–Crippen MR) is 58.8 cm³/mol. The summed E-state index contributed by atoms with van der Waals surface area (Å²) in [4.78, 5) is 11.3. The molecule has 0 aliphatic rings. The molecule has 2 aromatic rings. The zero-order chi connectivity index (χ0) is 9.42. The van der Waals surface area contributed by atoms with Crippen molar-refractivity contribution < 1.29 is 0 Å². The minimum absolute atomic E-state index is 0.525. The van der Waals surface area contributed by atoms with Gasteiger partial charge in [0, 0.05) is 5.92 Å². The highest BCUT2D eigenvalue weighted by Crippen LogP contribution is 2.30. The number of hydrogen-bond acceptors (Lipinski definition) is 4. The smallest absolute Gasteiger partial charge is 0.155 e. The van der Waals surface area contributed by atoms with Crippen LogP contribution in [0.3, 0.4) is 0 Å². The molecule has 2 aromatic heterocycles. The summed E-state index contributed by atoms with van der Waals surface area (Å²) in [5, 5.41) is 2.40. The van der Waals surface area contributed by atoms with Crippen molar-refractivity contribution >= 4 is 32.3 Å². The molecule has 0 saturated heterocycles. The van der Waals surface area contributed by atoms with E-state index < -0.39 is 0 Å². The Morgan fingerprint density at radius 2 is 1.85 bits per heavy atom. The number of thiazole rings is 2. The van der Waals surface area contributed by atoms with E-state index in [9.17, 15) is 0 Å². The lowest BCUT2D eigenvalue weighted by atomic mass is 10.2. The highest BCUT2D eigenvalue weighted by atomic mass is 32.1. The molecule has 70 valence electrons. The van der Waals surface area contributed by atoms with E-state index in [0.29, 0.717) is 5.92 Å². The summed E-state index contributed by atoms with van der Waals surface area (Å²) in [6, 6.07) is 0. The van der Waals surface area contributed by atoms with Crippen molar-refractivity contribution in [2.24, 2.45) is 0 Å². The van der Waals surface area contributed by atoms with Crippen molar-refractivity contribution in [3.05, 3.63) is 10.0 Å². The average molecular weight is 212 g/mol. The quantitative estimate of drug-likeness (QED) is 0.762. The van der Waals surface area contributed by atoms with E-state index in [0.717, 1.165) is 16.1 Å². The van der Waals surface area contributed by atoms with Crippen LogP contribution in [0.25, 0.3) is 9.66 Å². The van der Waals surface area contributed by atoms with Crippen LogP contribution in [0, 0.1) is 0 Å². The summed E-state index contributed by atoms with van der Waals surface area (Å²) in [6.07, 6.45) is 1.02. The second kappa shape index (κ2) is 3.35. The number of hydrogen-bond donors (Lipinski definition) is 0. The van der Waals surface area contributed by atoms with Crippen molar-refractivity contribution in [1.82, 2.24) is 9.97 Å². The first-order valence-corrected chi connectivity index (χ1v) is 6.10. The molecule has 2 rings (SSSR count). The van der Waals surface area contributed by atoms with E-state index in [1.165, 1.54) is 10.0 Å². The molecule has 0 spiro atoms. The minimum atomic E-state index is 0.525. The summed E-state index contributed by atoms with van der Waals surface area (Å²) in [5.41, 5.74) is 0. The fourth-order valence-electron chi connectivity index (χ4n) is 1.10. The first-order valence-electron chi connectivity index (χ1n) is 4.46. The lowest BCUT2D eigenvalue weighted by Crippen LogP contribution is -1.82. The van der Waals surface area contributed by atoms with Crippen molar-refractivity contribution in [2.75, 3.05) is 0 Å². The van der Waals surface area contributed by atoms with Gasteiger partial charge in [0.25, 0.3) is 0 Å². The SMILES string of the molecule is CCc1nc2sc(C(C)C)nc2s1. The maximum atomic E-state index is 4.56. The summed E-state index contributed by atoms with van der Waals surface area (Å²) in [7, 11) is 0. The third-order valence-electron chi connectivity index (χ3n) is 1.83. The van der Waals surface area contributed by atoms with Gasteiger partial charge in [-0.05, 0) is 6.42 Å². The van der Waals surface area contributed by atoms with E-state index in [4.69, 9.17) is 0 Å². The zero-order valence-electron chi connectivity index (χ0n) is 8.00. The summed E-state index contributed by atoms with van der Waals surface area (Å²) >= 11 is 3.45. The number of nitrogens with zero attached hydrogens (tertiary/aromatic N) is 2. The molecule has 0 fully saturated rings. The Balaban J connectivity index is 2.48. The fraction of sp³-hybridized carbons (Fsp3) is 0.556. The molecule has 2 nitrogen and oxygen atoms in total. The third-order valence-corrected chi connectivity index (χ3v) is 4.31. The van der Waals surface area contributed by atoms with Crippen LogP contribution in [0.5, 0.6) is 0 Å². The Hall–Kier alpha value is -0.480. The normalized spacial score (nSPS) is 11.7. The maximum Gasteiger partial charge on any atom is 0.155 e. The molecule has 4 heteroatoms. The van der Waals surface area contributed by atoms with Crippen LogP contribution in [0.1, 0.15) is 36.7 Å². The predicted octanol–water partition coefficient (Wildman–Crippen LogP) is 3.44. The first-order chi connectivity index (χ1) is 6.20. The van der Waals surface area contributed by atoms with Crippen LogP contribution in [0.4, 0.5) is 0 Å². The first kappa shape index (κ1) is 9.09. The van der Waals surface area contributed by atoms with E-state index >= 15 is 0 Å². The molecule has 0 atom stereocenters. The molecule has 13 heavy (non-hydrogen) atoms. The van der Waals surface area contributed by atoms with Gasteiger partial charge in [-0.25, -0.2) is 9.97 Å². The number of rotatable bonds is 2. The standard InChI is InChI=1S/C9H12N2S2/c1-4-6-10-8-9(12-6)11-7(13-8)5(2)3/h5H,4H2,1-3H3. The molecule has 0 bridgehead atoms. The number of fused-ring (bicyclic) bond motifs is 1. The summed E-state index contributed by atoms with van der Waals surface area (Å²) < 4.78 is 0. The summed E-state index contributed by atoms with van der Waals surface area (Å²) in [5.74, 6) is 0.525. The van der Waals surface area contributed by atoms with Crippen molar-refractivity contribution in [3.8, 4) is 0 Å². The van der Waals surface area contributed by atoms with Crippen molar-refractivity contribution in [1.29, 1.82) is 0 Å². The molecule has 0 aliphatic heterocycles. The zero-order valence-corrected chi connectivity index (χ0v) is 9.63. The van der Waals surface area contributed by atoms with Gasteiger partial charge in [-0.15, -0.1) is 0 Å². The third kappa shape index (κ3) is 1.60. The molecule has 0 N–H and O–H groups in total. The minimum Gasteiger partial charge on any atom is -0.229 e. The van der Waals surface area contributed by atoms with Gasteiger partial charge in [-0.1, -0.05) is 43.4 Å². The molecular weight excluding hydrogens is 200 g/mol. The lowest BCUT2D eigenvalue weighted by Gasteiger charge is -1.94. The highest BCUT2D eigenvalue weighted by molar-refractivity contribution is 7.26. The van der Waals surface area contributed by atoms with Gasteiger partial charge in [-0.2, -0.15) is 0 Å². The van der Waals surface area contributed by atoms with Crippen LogP contribution >= 0.6 is 22.7 Å². The highest BCUT2D eigenvalue weighted by Gasteiger charge is 2.11. The van der Waals surface area contributed by atoms with Crippen LogP contribution in [0.15, 0.2) is 0 Å². The lowest BCUT2D eigenvalue weighted by molar-refractivity contribution is 0.857. The van der Waals surface area contributed by atoms with E-state index in [2.05, 4.69) is 30.7 Å². The van der Waals surface area contributed by atoms with E-state index in [1.54, 1.807) is 22.7 Å². The Morgan fingerprint density at radius 3 is 2.38 bits per heavy atom. The van der Waals surface area contributed by atoms with Crippen LogP contribution in [0.2, 0.25) is 0 Å². The van der Waals surface area contributed by atoms with Gasteiger partial charge in [-0.3, -0.25) is 0 Å². The fourth-order valence-corrected chi connectivity index (χ4v) is 3.10. The van der Waals surface area contributed by atoms with Gasteiger partial charge in [0.15, 0.2) is 9.66 Å². The van der Waals surface area contributed by atoms with Crippen LogP contribution in [-0.4, -0.2) is 9.97 Å². The van der Waals surface area contributed by atoms with Gasteiger partial charge in [0.05, 0.1) is 10.0 Å². The van der Waals surface area contributed by atoms with Crippen molar-refractivity contribution in [2.45, 2.75) is 33.1 Å². The topological polar surface area (TPSA) is 25.8 Å². The Bertz CT molecular complexity index is 383. The average Bonchev–Trinajstić information content (AvgIpc) is 2.58. The molecule has 0 saturated carbocycles. The van der Waals surface area contributed by atoms with Gasteiger partial charge in [0.2, 0.25) is 0 Å². The van der Waals surface area contributed by atoms with Crippen LogP contribution in [-0.2, 0) is 6.42 Å². The Labute approximate surface area is 85.7 Å². The van der Waals surface area contributed by atoms with Gasteiger partial charge >= 0.3 is 0 Å². The second-order valence-corrected chi connectivity index (χ2v) is 5.35. The number of aromatic nitrogens is 2. The molecular formula is C9H12N2S2. The van der Waals surface area contributed by atoms with E-state index in [1.807, 2.05) is 0 Å². The van der Waals surface area contributed by atoms with E-state index in [-0.39, 0.29) is 0 Å². The molecule has 2 heterocycles. The molecule has 0 radical (unpaired) electrons.